The predicted octanol–water partition coefficient (Wildman–Crippen LogP) is 3.72. The van der Waals surface area contributed by atoms with Crippen molar-refractivity contribution in [1.82, 2.24) is 9.97 Å². The van der Waals surface area contributed by atoms with Gasteiger partial charge in [0, 0.05) is 11.0 Å². The summed E-state index contributed by atoms with van der Waals surface area (Å²) in [6, 6.07) is 6.05. The number of nitrogens with zero attached hydrogens (tertiary/aromatic N) is 2. The van der Waals surface area contributed by atoms with E-state index in [1.165, 1.54) is 5.56 Å². The zero-order valence-corrected chi connectivity index (χ0v) is 12.0. The molecule has 0 aliphatic rings. The summed E-state index contributed by atoms with van der Waals surface area (Å²) in [6.07, 6.45) is 3.41. The Morgan fingerprint density at radius 3 is 2.78 bits per heavy atom. The second-order valence-electron chi connectivity index (χ2n) is 3.88. The van der Waals surface area contributed by atoms with Crippen LogP contribution in [-0.4, -0.2) is 16.5 Å². The van der Waals surface area contributed by atoms with Gasteiger partial charge in [-0.15, -0.1) is 0 Å². The van der Waals surface area contributed by atoms with Crippen molar-refractivity contribution < 1.29 is 0 Å². The molecule has 0 fully saturated rings. The summed E-state index contributed by atoms with van der Waals surface area (Å²) in [6.45, 7) is 4.90. The predicted molar refractivity (Wildman–Crippen MR) is 78.4 cm³/mol. The lowest BCUT2D eigenvalue weighted by molar-refractivity contribution is 1.12. The molecule has 1 aromatic carbocycles. The molecule has 0 aliphatic heterocycles. The summed E-state index contributed by atoms with van der Waals surface area (Å²) < 4.78 is 1.04. The van der Waals surface area contributed by atoms with Gasteiger partial charge in [0.1, 0.15) is 5.82 Å². The monoisotopic (exact) mass is 306 g/mol. The number of hydrogen-bond acceptors (Lipinski definition) is 4. The Balaban J connectivity index is 2.23. The van der Waals surface area contributed by atoms with Crippen LogP contribution in [0.25, 0.3) is 0 Å². The summed E-state index contributed by atoms with van der Waals surface area (Å²) in [7, 11) is 0. The van der Waals surface area contributed by atoms with E-state index in [0.717, 1.165) is 28.3 Å². The van der Waals surface area contributed by atoms with Gasteiger partial charge in [0.25, 0.3) is 0 Å². The van der Waals surface area contributed by atoms with E-state index in [4.69, 9.17) is 0 Å². The van der Waals surface area contributed by atoms with Crippen LogP contribution >= 0.6 is 15.9 Å². The van der Waals surface area contributed by atoms with Gasteiger partial charge in [-0.3, -0.25) is 4.98 Å². The van der Waals surface area contributed by atoms with Crippen molar-refractivity contribution in [3.8, 4) is 0 Å². The van der Waals surface area contributed by atoms with Gasteiger partial charge in [0.15, 0.2) is 5.82 Å². The Morgan fingerprint density at radius 1 is 1.22 bits per heavy atom. The first-order valence-electron chi connectivity index (χ1n) is 5.78. The summed E-state index contributed by atoms with van der Waals surface area (Å²) >= 11 is 3.56. The van der Waals surface area contributed by atoms with Gasteiger partial charge in [0.05, 0.1) is 18.1 Å². The first-order valence-corrected chi connectivity index (χ1v) is 6.58. The minimum atomic E-state index is 0.722. The van der Waals surface area contributed by atoms with Gasteiger partial charge >= 0.3 is 0 Å². The molecule has 1 heterocycles. The van der Waals surface area contributed by atoms with E-state index in [-0.39, 0.29) is 0 Å². The zero-order chi connectivity index (χ0) is 13.0. The Bertz CT molecular complexity index is 542. The van der Waals surface area contributed by atoms with E-state index < -0.39 is 0 Å². The highest BCUT2D eigenvalue weighted by atomic mass is 79.9. The third-order valence-electron chi connectivity index (χ3n) is 2.45. The number of nitrogens with one attached hydrogen (secondary N) is 2. The lowest BCUT2D eigenvalue weighted by atomic mass is 10.2. The summed E-state index contributed by atoms with van der Waals surface area (Å²) in [5, 5.41) is 6.39. The minimum absolute atomic E-state index is 0.722. The van der Waals surface area contributed by atoms with Crippen LogP contribution in [0.15, 0.2) is 35.1 Å². The number of benzene rings is 1. The van der Waals surface area contributed by atoms with E-state index in [1.54, 1.807) is 12.4 Å². The highest BCUT2D eigenvalue weighted by Crippen LogP contribution is 2.27. The van der Waals surface area contributed by atoms with Crippen LogP contribution in [0.2, 0.25) is 0 Å². The number of aromatic nitrogens is 2. The van der Waals surface area contributed by atoms with Crippen molar-refractivity contribution in [1.29, 1.82) is 0 Å². The van der Waals surface area contributed by atoms with E-state index in [2.05, 4.69) is 49.5 Å². The van der Waals surface area contributed by atoms with Crippen LogP contribution in [0.1, 0.15) is 12.5 Å². The molecule has 0 unspecified atom stereocenters. The first-order chi connectivity index (χ1) is 8.70. The average Bonchev–Trinajstić information content (AvgIpc) is 2.36. The van der Waals surface area contributed by atoms with Gasteiger partial charge in [-0.05, 0) is 41.4 Å². The molecule has 0 bridgehead atoms. The fraction of sp³-hybridized carbons (Fsp3) is 0.231. The van der Waals surface area contributed by atoms with Crippen LogP contribution in [0, 0.1) is 6.92 Å². The molecule has 94 valence electrons. The quantitative estimate of drug-likeness (QED) is 0.904. The van der Waals surface area contributed by atoms with Crippen molar-refractivity contribution in [3.63, 3.8) is 0 Å². The van der Waals surface area contributed by atoms with Gasteiger partial charge in [0.2, 0.25) is 0 Å². The maximum absolute atomic E-state index is 4.42. The molecule has 0 radical (unpaired) electrons. The van der Waals surface area contributed by atoms with Crippen LogP contribution in [-0.2, 0) is 0 Å². The maximum atomic E-state index is 4.42. The topological polar surface area (TPSA) is 49.8 Å². The molecule has 5 heteroatoms. The van der Waals surface area contributed by atoms with Gasteiger partial charge in [-0.1, -0.05) is 12.1 Å². The third-order valence-corrected chi connectivity index (χ3v) is 3.50. The molecular formula is C13H15BrN4. The van der Waals surface area contributed by atoms with E-state index in [0.29, 0.717) is 0 Å². The van der Waals surface area contributed by atoms with Crippen molar-refractivity contribution in [2.24, 2.45) is 0 Å². The molecule has 0 saturated heterocycles. The number of rotatable bonds is 4. The molecule has 0 amide bonds. The van der Waals surface area contributed by atoms with Crippen molar-refractivity contribution in [3.05, 3.63) is 40.6 Å². The number of hydrogen-bond donors (Lipinski definition) is 2. The van der Waals surface area contributed by atoms with Crippen LogP contribution in [0.4, 0.5) is 17.3 Å². The molecule has 18 heavy (non-hydrogen) atoms. The molecule has 0 aliphatic carbocycles. The Hall–Kier alpha value is -1.62. The summed E-state index contributed by atoms with van der Waals surface area (Å²) in [4.78, 5) is 8.57. The molecule has 2 aromatic rings. The lowest BCUT2D eigenvalue weighted by Crippen LogP contribution is -2.02. The molecule has 0 atom stereocenters. The van der Waals surface area contributed by atoms with Crippen molar-refractivity contribution in [2.75, 3.05) is 17.2 Å². The number of aryl methyl sites for hydroxylation is 1. The first kappa shape index (κ1) is 12.8. The summed E-state index contributed by atoms with van der Waals surface area (Å²) in [5.74, 6) is 1.49. The number of anilines is 3. The third kappa shape index (κ3) is 2.98. The Labute approximate surface area is 115 Å². The van der Waals surface area contributed by atoms with Crippen LogP contribution in [0.5, 0.6) is 0 Å². The normalized spacial score (nSPS) is 10.2. The van der Waals surface area contributed by atoms with Crippen molar-refractivity contribution in [2.45, 2.75) is 13.8 Å². The second-order valence-corrected chi connectivity index (χ2v) is 4.67. The maximum Gasteiger partial charge on any atom is 0.151 e. The van der Waals surface area contributed by atoms with Gasteiger partial charge < -0.3 is 10.6 Å². The zero-order valence-electron chi connectivity index (χ0n) is 10.4. The molecule has 1 aromatic heterocycles. The molecule has 0 saturated carbocycles. The molecule has 2 rings (SSSR count). The average molecular weight is 307 g/mol. The molecule has 4 nitrogen and oxygen atoms in total. The summed E-state index contributed by atoms with van der Waals surface area (Å²) in [5.41, 5.74) is 2.16. The highest BCUT2D eigenvalue weighted by Gasteiger charge is 2.04. The smallest absolute Gasteiger partial charge is 0.151 e. The highest BCUT2D eigenvalue weighted by molar-refractivity contribution is 9.10. The standard InChI is InChI=1S/C13H15BrN4/c1-3-16-11-7-15-8-12(18-11)17-10-6-4-5-9(2)13(10)14/h4-8H,3H2,1-2H3,(H2,16,17,18). The van der Waals surface area contributed by atoms with E-state index >= 15 is 0 Å². The Morgan fingerprint density at radius 2 is 2.00 bits per heavy atom. The molecule has 0 spiro atoms. The van der Waals surface area contributed by atoms with E-state index in [9.17, 15) is 0 Å². The van der Waals surface area contributed by atoms with E-state index in [1.807, 2.05) is 19.1 Å². The van der Waals surface area contributed by atoms with Crippen molar-refractivity contribution >= 4 is 33.3 Å². The largest absolute Gasteiger partial charge is 0.369 e. The number of halogens is 1. The second kappa shape index (κ2) is 5.82. The van der Waals surface area contributed by atoms with Gasteiger partial charge in [-0.2, -0.15) is 0 Å². The molecular weight excluding hydrogens is 292 g/mol. The fourth-order valence-electron chi connectivity index (χ4n) is 1.57. The Kier molecular flexibility index (Phi) is 4.15. The van der Waals surface area contributed by atoms with Crippen LogP contribution < -0.4 is 10.6 Å². The van der Waals surface area contributed by atoms with Gasteiger partial charge in [-0.25, -0.2) is 4.98 Å². The lowest BCUT2D eigenvalue weighted by Gasteiger charge is -2.10. The SMILES string of the molecule is CCNc1cncc(Nc2cccc(C)c2Br)n1. The molecule has 2 N–H and O–H groups in total. The fourth-order valence-corrected chi connectivity index (χ4v) is 1.94. The minimum Gasteiger partial charge on any atom is -0.369 e. The van der Waals surface area contributed by atoms with Crippen LogP contribution in [0.3, 0.4) is 0 Å².